The molecule has 2 amide bonds. The highest BCUT2D eigenvalue weighted by molar-refractivity contribution is 9.13. The number of imide groups is 1. The van der Waals surface area contributed by atoms with Gasteiger partial charge in [0.15, 0.2) is 11.5 Å². The number of phenolic OH excluding ortho intramolecular Hbond substituents is 1. The first-order chi connectivity index (χ1) is 19.9. The van der Waals surface area contributed by atoms with Crippen molar-refractivity contribution in [1.82, 2.24) is 9.78 Å². The van der Waals surface area contributed by atoms with Crippen LogP contribution in [0.1, 0.15) is 30.4 Å². The Bertz CT molecular complexity index is 1880. The van der Waals surface area contributed by atoms with Crippen LogP contribution in [0.2, 0.25) is 5.02 Å². The predicted octanol–water partition coefficient (Wildman–Crippen LogP) is 8.30. The van der Waals surface area contributed by atoms with Crippen molar-refractivity contribution in [1.29, 1.82) is 0 Å². The smallest absolute Gasteiger partial charge is 0.242 e. The van der Waals surface area contributed by atoms with Crippen molar-refractivity contribution >= 4 is 82.5 Å². The number of carbonyl (C=O) groups excluding carboxylic acids is 2. The van der Waals surface area contributed by atoms with Crippen LogP contribution in [0.3, 0.4) is 0 Å². The van der Waals surface area contributed by atoms with Crippen LogP contribution >= 0.6 is 54.8 Å². The van der Waals surface area contributed by atoms with E-state index in [0.717, 1.165) is 26.1 Å². The van der Waals surface area contributed by atoms with Crippen LogP contribution in [0.4, 0.5) is 5.82 Å². The highest BCUT2D eigenvalue weighted by Crippen LogP contribution is 2.59. The summed E-state index contributed by atoms with van der Waals surface area (Å²) in [6, 6.07) is 9.30. The second kappa shape index (κ2) is 10.4. The van der Waals surface area contributed by atoms with Crippen LogP contribution in [0.15, 0.2) is 63.6 Å². The zero-order valence-corrected chi connectivity index (χ0v) is 27.9. The summed E-state index contributed by atoms with van der Waals surface area (Å²) in [6.07, 6.45) is 4.09. The van der Waals surface area contributed by atoms with Crippen molar-refractivity contribution in [3.05, 3.63) is 79.7 Å². The number of aromatic nitrogens is 2. The molecule has 11 heteroatoms. The second-order valence-electron chi connectivity index (χ2n) is 10.7. The van der Waals surface area contributed by atoms with Crippen molar-refractivity contribution in [2.24, 2.45) is 18.4 Å². The molecule has 3 unspecified atom stereocenters. The number of methoxy groups -OCH3 is 1. The Morgan fingerprint density at radius 2 is 1.98 bits per heavy atom. The SMILES string of the molecule is C=CC1=CCC2C(=O)N(c3cc(-c4sc5ccc(Cl)cc5c4C)nn3C)C(=O)C2(C)C1c1cc(OC)c(O)c(Br)c1Br. The molecule has 6 rings (SSSR count). The molecule has 0 radical (unpaired) electrons. The van der Waals surface area contributed by atoms with Gasteiger partial charge in [0.25, 0.3) is 0 Å². The van der Waals surface area contributed by atoms with Crippen LogP contribution in [0.25, 0.3) is 20.7 Å². The lowest BCUT2D eigenvalue weighted by Gasteiger charge is -2.40. The Balaban J connectivity index is 1.48. The zero-order chi connectivity index (χ0) is 30.2. The number of nitrogens with zero attached hydrogens (tertiary/aromatic N) is 3. The topological polar surface area (TPSA) is 84.7 Å². The summed E-state index contributed by atoms with van der Waals surface area (Å²) in [7, 11) is 3.21. The number of thiophene rings is 1. The number of amides is 2. The minimum Gasteiger partial charge on any atom is -0.503 e. The van der Waals surface area contributed by atoms with Gasteiger partial charge in [0.1, 0.15) is 11.5 Å². The van der Waals surface area contributed by atoms with E-state index >= 15 is 0 Å². The van der Waals surface area contributed by atoms with E-state index in [4.69, 9.17) is 21.4 Å². The number of anilines is 1. The molecule has 1 aliphatic carbocycles. The third-order valence-corrected chi connectivity index (χ3v) is 12.3. The lowest BCUT2D eigenvalue weighted by Crippen LogP contribution is -2.42. The number of halogens is 3. The molecule has 0 spiro atoms. The Hall–Kier alpha value is -2.92. The van der Waals surface area contributed by atoms with E-state index in [1.54, 1.807) is 35.2 Å². The first-order valence-electron chi connectivity index (χ1n) is 13.1. The van der Waals surface area contributed by atoms with E-state index in [1.807, 2.05) is 44.2 Å². The van der Waals surface area contributed by atoms with Gasteiger partial charge < -0.3 is 9.84 Å². The number of hydrogen-bond acceptors (Lipinski definition) is 6. The van der Waals surface area contributed by atoms with Crippen molar-refractivity contribution in [2.45, 2.75) is 26.2 Å². The molecule has 42 heavy (non-hydrogen) atoms. The van der Waals surface area contributed by atoms with Gasteiger partial charge in [-0.2, -0.15) is 5.10 Å². The fourth-order valence-electron chi connectivity index (χ4n) is 6.40. The van der Waals surface area contributed by atoms with Gasteiger partial charge in [-0.15, -0.1) is 11.3 Å². The molecule has 0 saturated carbocycles. The van der Waals surface area contributed by atoms with Crippen molar-refractivity contribution in [2.75, 3.05) is 12.0 Å². The van der Waals surface area contributed by atoms with E-state index in [-0.39, 0.29) is 23.3 Å². The number of rotatable bonds is 5. The molecular weight excluding hydrogens is 706 g/mol. The zero-order valence-electron chi connectivity index (χ0n) is 23.2. The molecule has 2 aromatic carbocycles. The molecule has 2 aliphatic rings. The summed E-state index contributed by atoms with van der Waals surface area (Å²) < 4.78 is 9.08. The van der Waals surface area contributed by atoms with Gasteiger partial charge in [-0.1, -0.05) is 30.3 Å². The first kappa shape index (κ1) is 29.2. The van der Waals surface area contributed by atoms with E-state index < -0.39 is 17.3 Å². The third-order valence-electron chi connectivity index (χ3n) is 8.58. The van der Waals surface area contributed by atoms with E-state index in [1.165, 1.54) is 12.0 Å². The third kappa shape index (κ3) is 4.06. The number of aryl methyl sites for hydroxylation is 2. The van der Waals surface area contributed by atoms with Crippen LogP contribution in [-0.2, 0) is 16.6 Å². The predicted molar refractivity (Wildman–Crippen MR) is 174 cm³/mol. The quantitative estimate of drug-likeness (QED) is 0.209. The summed E-state index contributed by atoms with van der Waals surface area (Å²) >= 11 is 14.9. The second-order valence-corrected chi connectivity index (χ2v) is 13.8. The van der Waals surface area contributed by atoms with Gasteiger partial charge in [-0.25, -0.2) is 4.90 Å². The molecule has 2 aromatic heterocycles. The van der Waals surface area contributed by atoms with Crippen LogP contribution in [0, 0.1) is 18.3 Å². The number of ether oxygens (including phenoxy) is 1. The van der Waals surface area contributed by atoms with Crippen molar-refractivity contribution in [3.63, 3.8) is 0 Å². The van der Waals surface area contributed by atoms with Crippen LogP contribution < -0.4 is 9.64 Å². The average Bonchev–Trinajstić information content (AvgIpc) is 3.56. The maximum atomic E-state index is 14.6. The molecule has 3 heterocycles. The van der Waals surface area contributed by atoms with Crippen molar-refractivity contribution < 1.29 is 19.4 Å². The van der Waals surface area contributed by atoms with E-state index in [2.05, 4.69) is 38.4 Å². The van der Waals surface area contributed by atoms with Gasteiger partial charge >= 0.3 is 0 Å². The molecule has 1 saturated heterocycles. The molecule has 1 aliphatic heterocycles. The number of allylic oxidation sites excluding steroid dienone is 3. The fraction of sp³-hybridized carbons (Fsp3) is 0.258. The minimum atomic E-state index is -1.14. The lowest BCUT2D eigenvalue weighted by atomic mass is 9.60. The molecule has 1 N–H and O–H groups in total. The Kier molecular flexibility index (Phi) is 7.20. The Morgan fingerprint density at radius 3 is 2.67 bits per heavy atom. The monoisotopic (exact) mass is 729 g/mol. The van der Waals surface area contributed by atoms with Crippen LogP contribution in [-0.4, -0.2) is 33.8 Å². The molecule has 1 fully saturated rings. The largest absolute Gasteiger partial charge is 0.503 e. The summed E-state index contributed by atoms with van der Waals surface area (Å²) in [4.78, 5) is 30.9. The van der Waals surface area contributed by atoms with Gasteiger partial charge in [-0.05, 0) is 98.5 Å². The maximum Gasteiger partial charge on any atom is 0.242 e. The first-order valence-corrected chi connectivity index (χ1v) is 15.9. The van der Waals surface area contributed by atoms with Gasteiger partial charge in [0, 0.05) is 33.2 Å². The summed E-state index contributed by atoms with van der Waals surface area (Å²) in [5.41, 5.74) is 2.09. The number of aromatic hydroxyl groups is 1. The van der Waals surface area contributed by atoms with Gasteiger partial charge in [0.05, 0.1) is 27.8 Å². The molecule has 216 valence electrons. The number of fused-ring (bicyclic) bond motifs is 2. The lowest BCUT2D eigenvalue weighted by molar-refractivity contribution is -0.127. The number of benzene rings is 2. The maximum absolute atomic E-state index is 14.6. The molecule has 0 bridgehead atoms. The average molecular weight is 732 g/mol. The standard InChI is InChI=1S/C31H26Br2ClN3O4S/c1-6-15-7-9-19-29(39)37(30(40)31(19,3)24(15)18-12-21(41-5)27(38)26(33)25(18)32)23-13-20(35-36(23)4)28-14(2)17-11-16(34)8-10-22(17)42-28/h6-8,10-13,19,24,38H,1,9H2,2-5H3. The minimum absolute atomic E-state index is 0.0635. The molecule has 3 atom stereocenters. The number of hydrogen-bond donors (Lipinski definition) is 1. The van der Waals surface area contributed by atoms with Gasteiger partial charge in [-0.3, -0.25) is 14.3 Å². The normalized spacial score (nSPS) is 22.1. The summed E-state index contributed by atoms with van der Waals surface area (Å²) in [5.74, 6) is -1.16. The summed E-state index contributed by atoms with van der Waals surface area (Å²) in [6.45, 7) is 7.88. The van der Waals surface area contributed by atoms with Gasteiger partial charge in [0.2, 0.25) is 11.8 Å². The number of carbonyl (C=O) groups is 2. The fourth-order valence-corrected chi connectivity index (χ4v) is 8.68. The Morgan fingerprint density at radius 1 is 1.24 bits per heavy atom. The number of phenols is 1. The molecule has 7 nitrogen and oxygen atoms in total. The Labute approximate surface area is 268 Å². The summed E-state index contributed by atoms with van der Waals surface area (Å²) in [5, 5.41) is 17.0. The van der Waals surface area contributed by atoms with Crippen LogP contribution in [0.5, 0.6) is 11.5 Å². The van der Waals surface area contributed by atoms with E-state index in [9.17, 15) is 14.7 Å². The van der Waals surface area contributed by atoms with E-state index in [0.29, 0.717) is 37.5 Å². The molecular formula is C31H26Br2ClN3O4S. The van der Waals surface area contributed by atoms with Crippen molar-refractivity contribution in [3.8, 4) is 22.1 Å². The molecule has 4 aromatic rings. The highest BCUT2D eigenvalue weighted by atomic mass is 79.9. The highest BCUT2D eigenvalue weighted by Gasteiger charge is 2.63.